The Bertz CT molecular complexity index is 597. The molecule has 1 aromatic carbocycles. The van der Waals surface area contributed by atoms with E-state index in [1.165, 1.54) is 49.9 Å². The molecule has 3 heteroatoms. The monoisotopic (exact) mass is 299 g/mol. The van der Waals surface area contributed by atoms with Crippen LogP contribution in [0.4, 0.5) is 0 Å². The van der Waals surface area contributed by atoms with E-state index >= 15 is 0 Å². The molecule has 22 heavy (non-hydrogen) atoms. The highest BCUT2D eigenvalue weighted by Crippen LogP contribution is 2.52. The maximum absolute atomic E-state index is 10.0. The van der Waals surface area contributed by atoms with Crippen molar-refractivity contribution in [2.45, 2.75) is 56.1 Å². The molecule has 1 saturated carbocycles. The van der Waals surface area contributed by atoms with Crippen LogP contribution in [0.2, 0.25) is 0 Å². The fourth-order valence-electron chi connectivity index (χ4n) is 5.30. The third kappa shape index (κ3) is 1.88. The first-order chi connectivity index (χ1) is 10.8. The second-order valence-corrected chi connectivity index (χ2v) is 7.85. The summed E-state index contributed by atoms with van der Waals surface area (Å²) < 4.78 is 6.35. The largest absolute Gasteiger partial charge is 0.508 e. The molecule has 2 saturated heterocycles. The molecule has 1 N–H and O–H groups in total. The highest BCUT2D eigenvalue weighted by atomic mass is 16.5. The van der Waals surface area contributed by atoms with Crippen molar-refractivity contribution < 1.29 is 9.84 Å². The van der Waals surface area contributed by atoms with E-state index in [1.807, 2.05) is 12.1 Å². The van der Waals surface area contributed by atoms with Gasteiger partial charge in [0.1, 0.15) is 5.75 Å². The Morgan fingerprint density at radius 3 is 3.05 bits per heavy atom. The Hall–Kier alpha value is -1.06. The van der Waals surface area contributed by atoms with Crippen molar-refractivity contribution >= 4 is 0 Å². The number of benzene rings is 1. The number of ether oxygens (including phenoxy) is 1. The number of hydrogen-bond acceptors (Lipinski definition) is 3. The topological polar surface area (TPSA) is 32.7 Å². The first kappa shape index (κ1) is 13.4. The average molecular weight is 299 g/mol. The van der Waals surface area contributed by atoms with Gasteiger partial charge in [0.25, 0.3) is 0 Å². The van der Waals surface area contributed by atoms with Crippen LogP contribution >= 0.6 is 0 Å². The van der Waals surface area contributed by atoms with Crippen molar-refractivity contribution in [3.8, 4) is 5.75 Å². The summed E-state index contributed by atoms with van der Waals surface area (Å²) in [5.41, 5.74) is 3.00. The molecule has 0 spiro atoms. The molecule has 1 aromatic rings. The van der Waals surface area contributed by atoms with Crippen molar-refractivity contribution in [2.24, 2.45) is 5.92 Å². The second kappa shape index (κ2) is 4.72. The zero-order valence-corrected chi connectivity index (χ0v) is 13.1. The van der Waals surface area contributed by atoms with E-state index in [1.54, 1.807) is 0 Å². The van der Waals surface area contributed by atoms with Gasteiger partial charge in [-0.25, -0.2) is 0 Å². The molecule has 3 atom stereocenters. The number of aromatic hydroxyl groups is 1. The number of likely N-dealkylation sites (tertiary alicyclic amines) is 1. The molecular formula is C19H25NO2. The molecule has 0 radical (unpaired) electrons. The number of nitrogens with zero attached hydrogens (tertiary/aromatic N) is 1. The minimum absolute atomic E-state index is 0.162. The molecule has 2 aliphatic heterocycles. The summed E-state index contributed by atoms with van der Waals surface area (Å²) in [6.07, 6.45) is 7.84. The maximum Gasteiger partial charge on any atom is 0.115 e. The van der Waals surface area contributed by atoms with Crippen LogP contribution in [0.1, 0.15) is 43.2 Å². The van der Waals surface area contributed by atoms with Crippen molar-refractivity contribution in [1.29, 1.82) is 0 Å². The third-order valence-electron chi connectivity index (χ3n) is 6.52. The number of phenolic OH excluding ortho intramolecular Hbond substituents is 1. The van der Waals surface area contributed by atoms with Crippen LogP contribution in [0, 0.1) is 5.92 Å². The van der Waals surface area contributed by atoms with Gasteiger partial charge >= 0.3 is 0 Å². The quantitative estimate of drug-likeness (QED) is 0.911. The fraction of sp³-hybridized carbons (Fsp3) is 0.684. The molecular weight excluding hydrogens is 274 g/mol. The first-order valence-electron chi connectivity index (χ1n) is 8.94. The van der Waals surface area contributed by atoms with Gasteiger partial charge in [-0.15, -0.1) is 0 Å². The molecule has 118 valence electrons. The lowest BCUT2D eigenvalue weighted by Crippen LogP contribution is -2.65. The molecule has 2 aliphatic carbocycles. The van der Waals surface area contributed by atoms with E-state index in [0.29, 0.717) is 17.9 Å². The molecule has 5 rings (SSSR count). The van der Waals surface area contributed by atoms with Crippen LogP contribution in [0.3, 0.4) is 0 Å². The summed E-state index contributed by atoms with van der Waals surface area (Å²) in [5.74, 6) is 1.36. The number of fused-ring (bicyclic) bond motifs is 1. The Labute approximate surface area is 132 Å². The number of phenols is 1. The lowest BCUT2D eigenvalue weighted by molar-refractivity contribution is -0.128. The van der Waals surface area contributed by atoms with E-state index in [0.717, 1.165) is 25.4 Å². The zero-order valence-electron chi connectivity index (χ0n) is 13.1. The van der Waals surface area contributed by atoms with E-state index in [2.05, 4.69) is 11.0 Å². The normalized spacial score (nSPS) is 37.5. The van der Waals surface area contributed by atoms with Crippen molar-refractivity contribution in [3.63, 3.8) is 0 Å². The Kier molecular flexibility index (Phi) is 2.87. The molecule has 0 aromatic heterocycles. The summed E-state index contributed by atoms with van der Waals surface area (Å²) in [7, 11) is 0. The lowest BCUT2D eigenvalue weighted by Gasteiger charge is -2.58. The van der Waals surface area contributed by atoms with Gasteiger partial charge in [-0.3, -0.25) is 4.90 Å². The Morgan fingerprint density at radius 1 is 1.27 bits per heavy atom. The summed E-state index contributed by atoms with van der Waals surface area (Å²) >= 11 is 0. The fourth-order valence-corrected chi connectivity index (χ4v) is 5.30. The van der Waals surface area contributed by atoms with Gasteiger partial charge in [-0.2, -0.15) is 0 Å². The molecule has 2 heterocycles. The van der Waals surface area contributed by atoms with Gasteiger partial charge in [0, 0.05) is 24.6 Å². The van der Waals surface area contributed by atoms with Crippen LogP contribution in [-0.4, -0.2) is 41.8 Å². The molecule has 2 bridgehead atoms. The molecule has 0 amide bonds. The molecule has 4 aliphatic rings. The maximum atomic E-state index is 10.0. The van der Waals surface area contributed by atoms with Crippen LogP contribution in [0.15, 0.2) is 18.2 Å². The summed E-state index contributed by atoms with van der Waals surface area (Å²) in [5, 5.41) is 10.0. The van der Waals surface area contributed by atoms with Crippen molar-refractivity contribution in [3.05, 3.63) is 29.3 Å². The van der Waals surface area contributed by atoms with E-state index in [9.17, 15) is 5.11 Å². The highest BCUT2D eigenvalue weighted by Gasteiger charge is 2.55. The Balaban J connectivity index is 1.58. The molecule has 3 fully saturated rings. The highest BCUT2D eigenvalue weighted by molar-refractivity contribution is 5.45. The van der Waals surface area contributed by atoms with Crippen molar-refractivity contribution in [1.82, 2.24) is 4.90 Å². The minimum Gasteiger partial charge on any atom is -0.508 e. The van der Waals surface area contributed by atoms with Crippen LogP contribution in [-0.2, 0) is 16.6 Å². The van der Waals surface area contributed by atoms with Gasteiger partial charge in [0.15, 0.2) is 0 Å². The second-order valence-electron chi connectivity index (χ2n) is 7.85. The van der Waals surface area contributed by atoms with Crippen LogP contribution < -0.4 is 0 Å². The van der Waals surface area contributed by atoms with Gasteiger partial charge in [0.2, 0.25) is 0 Å². The van der Waals surface area contributed by atoms with E-state index in [4.69, 9.17) is 4.74 Å². The van der Waals surface area contributed by atoms with Gasteiger partial charge in [0.05, 0.1) is 6.10 Å². The van der Waals surface area contributed by atoms with Gasteiger partial charge in [-0.05, 0) is 74.2 Å². The Morgan fingerprint density at radius 2 is 2.18 bits per heavy atom. The number of piperidine rings is 1. The summed E-state index contributed by atoms with van der Waals surface area (Å²) in [6, 6.07) is 6.60. The van der Waals surface area contributed by atoms with E-state index < -0.39 is 0 Å². The van der Waals surface area contributed by atoms with Gasteiger partial charge < -0.3 is 9.84 Å². The number of hydrogen-bond donors (Lipinski definition) is 1. The molecule has 3 nitrogen and oxygen atoms in total. The predicted molar refractivity (Wildman–Crippen MR) is 85.2 cm³/mol. The van der Waals surface area contributed by atoms with Crippen LogP contribution in [0.25, 0.3) is 0 Å². The van der Waals surface area contributed by atoms with Gasteiger partial charge in [-0.1, -0.05) is 6.07 Å². The first-order valence-corrected chi connectivity index (χ1v) is 8.94. The lowest BCUT2D eigenvalue weighted by atomic mass is 9.59. The summed E-state index contributed by atoms with van der Waals surface area (Å²) in [4.78, 5) is 2.72. The van der Waals surface area contributed by atoms with Crippen LogP contribution in [0.5, 0.6) is 5.75 Å². The summed E-state index contributed by atoms with van der Waals surface area (Å²) in [6.45, 7) is 3.39. The minimum atomic E-state index is 0.162. The zero-order chi connectivity index (χ0) is 14.7. The van der Waals surface area contributed by atoms with Crippen molar-refractivity contribution in [2.75, 3.05) is 19.7 Å². The standard InChI is InChI=1S/C19H25NO2/c21-15-5-4-14-10-17-18-19(16(14)11-15,6-1-9-22-18)7-8-20(17)12-13-2-3-13/h4-5,11,13,17-18,21H,1-3,6-10,12H2/t17-,18-,19+/m1/s1. The molecule has 0 unspecified atom stereocenters. The smallest absolute Gasteiger partial charge is 0.115 e. The number of rotatable bonds is 2. The van der Waals surface area contributed by atoms with E-state index in [-0.39, 0.29) is 5.41 Å². The third-order valence-corrected chi connectivity index (χ3v) is 6.52. The SMILES string of the molecule is Oc1ccc2c(c1)[C@@]13CCCO[C@@H]1[C@@H](C2)N(CC1CC1)CC3. The predicted octanol–water partition coefficient (Wildman–Crippen LogP) is 2.85. The average Bonchev–Trinajstić information content (AvgIpc) is 3.35.